The number of rotatable bonds is 3. The fourth-order valence-corrected chi connectivity index (χ4v) is 2.69. The summed E-state index contributed by atoms with van der Waals surface area (Å²) in [6, 6.07) is 10.7. The van der Waals surface area contributed by atoms with E-state index in [1.165, 1.54) is 5.56 Å². The number of nitrogens with one attached hydrogen (secondary N) is 1. The van der Waals surface area contributed by atoms with E-state index in [2.05, 4.69) is 40.9 Å². The molecule has 2 fully saturated rings. The van der Waals surface area contributed by atoms with Crippen molar-refractivity contribution < 1.29 is 4.79 Å². The van der Waals surface area contributed by atoms with Gasteiger partial charge in [0.1, 0.15) is 0 Å². The molecule has 0 aromatic heterocycles. The Morgan fingerprint density at radius 3 is 2.37 bits per heavy atom. The molecule has 2 aliphatic carbocycles. The van der Waals surface area contributed by atoms with Gasteiger partial charge in [-0.2, -0.15) is 5.10 Å². The topological polar surface area (TPSA) is 41.5 Å². The summed E-state index contributed by atoms with van der Waals surface area (Å²) in [4.78, 5) is 11.5. The molecule has 0 aliphatic heterocycles. The van der Waals surface area contributed by atoms with Crippen LogP contribution in [0.5, 0.6) is 0 Å². The molecule has 0 bridgehead atoms. The summed E-state index contributed by atoms with van der Waals surface area (Å²) in [5.74, 6) is 1.00. The van der Waals surface area contributed by atoms with Gasteiger partial charge in [0.05, 0.1) is 0 Å². The summed E-state index contributed by atoms with van der Waals surface area (Å²) in [5, 5.41) is 4.29. The van der Waals surface area contributed by atoms with E-state index in [0.717, 1.165) is 44.2 Å². The highest BCUT2D eigenvalue weighted by molar-refractivity contribution is 5.88. The van der Waals surface area contributed by atoms with Crippen LogP contribution in [0.15, 0.2) is 35.4 Å². The number of hydrazone groups is 1. The predicted octanol–water partition coefficient (Wildman–Crippen LogP) is 3.23. The molecule has 2 saturated carbocycles. The van der Waals surface area contributed by atoms with E-state index >= 15 is 0 Å². The molecule has 3 rings (SSSR count). The predicted molar refractivity (Wildman–Crippen MR) is 76.0 cm³/mol. The highest BCUT2D eigenvalue weighted by Crippen LogP contribution is 2.31. The smallest absolute Gasteiger partial charge is 0.243 e. The molecule has 0 radical (unpaired) electrons. The lowest BCUT2D eigenvalue weighted by molar-refractivity contribution is -0.122. The second-order valence-electron chi connectivity index (χ2n) is 5.61. The van der Waals surface area contributed by atoms with Gasteiger partial charge in [-0.15, -0.1) is 0 Å². The van der Waals surface area contributed by atoms with Gasteiger partial charge < -0.3 is 0 Å². The molecule has 0 saturated heterocycles. The summed E-state index contributed by atoms with van der Waals surface area (Å²) < 4.78 is 0. The molecule has 3 nitrogen and oxygen atoms in total. The molecule has 0 unspecified atom stereocenters. The van der Waals surface area contributed by atoms with Gasteiger partial charge in [0.15, 0.2) is 0 Å². The van der Waals surface area contributed by atoms with E-state index < -0.39 is 0 Å². The molecule has 100 valence electrons. The van der Waals surface area contributed by atoms with Crippen molar-refractivity contribution in [1.29, 1.82) is 0 Å². The number of benzene rings is 1. The molecule has 19 heavy (non-hydrogen) atoms. The summed E-state index contributed by atoms with van der Waals surface area (Å²) in [6.45, 7) is 0. The van der Waals surface area contributed by atoms with Gasteiger partial charge >= 0.3 is 0 Å². The molecule has 1 amide bonds. The minimum atomic E-state index is 0.109. The maximum atomic E-state index is 11.5. The Balaban J connectivity index is 1.51. The van der Waals surface area contributed by atoms with Gasteiger partial charge in [-0.25, -0.2) is 5.43 Å². The number of carbonyl (C=O) groups excluding carboxylic acids is 1. The molecule has 2 aliphatic rings. The average Bonchev–Trinajstić information content (AvgIpc) is 3.31. The van der Waals surface area contributed by atoms with E-state index in [9.17, 15) is 4.79 Å². The van der Waals surface area contributed by atoms with E-state index in [0.29, 0.717) is 5.92 Å². The molecule has 3 heteroatoms. The van der Waals surface area contributed by atoms with Crippen LogP contribution in [0.3, 0.4) is 0 Å². The van der Waals surface area contributed by atoms with E-state index in [-0.39, 0.29) is 11.8 Å². The lowest BCUT2D eigenvalue weighted by Crippen LogP contribution is -2.23. The second-order valence-corrected chi connectivity index (χ2v) is 5.61. The third-order valence-electron chi connectivity index (χ3n) is 4.11. The number of hydrogen-bond acceptors (Lipinski definition) is 2. The highest BCUT2D eigenvalue weighted by Gasteiger charge is 2.29. The van der Waals surface area contributed by atoms with Gasteiger partial charge in [0, 0.05) is 11.6 Å². The Bertz CT molecular complexity index is 467. The first kappa shape index (κ1) is 12.4. The summed E-state index contributed by atoms with van der Waals surface area (Å²) in [7, 11) is 0. The first-order chi connectivity index (χ1) is 9.33. The summed E-state index contributed by atoms with van der Waals surface area (Å²) in [6.07, 6.45) is 6.36. The summed E-state index contributed by atoms with van der Waals surface area (Å²) in [5.41, 5.74) is 5.31. The second kappa shape index (κ2) is 5.55. The van der Waals surface area contributed by atoms with Crippen LogP contribution >= 0.6 is 0 Å². The van der Waals surface area contributed by atoms with Crippen molar-refractivity contribution in [3.63, 3.8) is 0 Å². The molecule has 1 aromatic carbocycles. The minimum Gasteiger partial charge on any atom is -0.273 e. The zero-order valence-electron chi connectivity index (χ0n) is 11.1. The lowest BCUT2D eigenvalue weighted by Gasteiger charge is -2.23. The van der Waals surface area contributed by atoms with Gasteiger partial charge in [0.25, 0.3) is 0 Å². The zero-order valence-corrected chi connectivity index (χ0v) is 11.1. The molecule has 0 heterocycles. The zero-order chi connectivity index (χ0) is 13.1. The SMILES string of the molecule is O=C(NN=C1CCC(c2ccccc2)CC1)C1CC1. The van der Waals surface area contributed by atoms with E-state index in [4.69, 9.17) is 0 Å². The molecule has 0 atom stereocenters. The van der Waals surface area contributed by atoms with Crippen LogP contribution in [0.25, 0.3) is 0 Å². The van der Waals surface area contributed by atoms with Crippen LogP contribution < -0.4 is 5.43 Å². The fourth-order valence-electron chi connectivity index (χ4n) is 2.69. The van der Waals surface area contributed by atoms with E-state index in [1.807, 2.05) is 0 Å². The van der Waals surface area contributed by atoms with Crippen LogP contribution in [0.2, 0.25) is 0 Å². The standard InChI is InChI=1S/C16H20N2O/c19-16(14-6-7-14)18-17-15-10-8-13(9-11-15)12-4-2-1-3-5-12/h1-5,13-14H,6-11H2,(H,18,19). The van der Waals surface area contributed by atoms with Gasteiger partial charge in [-0.05, 0) is 50.0 Å². The van der Waals surface area contributed by atoms with Crippen LogP contribution in [0.1, 0.15) is 50.0 Å². The Hall–Kier alpha value is -1.64. The Kier molecular flexibility index (Phi) is 3.62. The third-order valence-corrected chi connectivity index (χ3v) is 4.11. The minimum absolute atomic E-state index is 0.109. The third kappa shape index (κ3) is 3.22. The molecular formula is C16H20N2O. The molecule has 1 aromatic rings. The largest absolute Gasteiger partial charge is 0.273 e. The van der Waals surface area contributed by atoms with Crippen molar-refractivity contribution in [1.82, 2.24) is 5.43 Å². The van der Waals surface area contributed by atoms with Crippen LogP contribution in [-0.2, 0) is 4.79 Å². The van der Waals surface area contributed by atoms with Crippen LogP contribution in [0, 0.1) is 5.92 Å². The van der Waals surface area contributed by atoms with E-state index in [1.54, 1.807) is 0 Å². The Morgan fingerprint density at radius 2 is 1.74 bits per heavy atom. The summed E-state index contributed by atoms with van der Waals surface area (Å²) >= 11 is 0. The highest BCUT2D eigenvalue weighted by atomic mass is 16.2. The fraction of sp³-hybridized carbons (Fsp3) is 0.500. The maximum Gasteiger partial charge on any atom is 0.243 e. The Labute approximate surface area is 114 Å². The van der Waals surface area contributed by atoms with Crippen molar-refractivity contribution in [2.45, 2.75) is 44.4 Å². The first-order valence-corrected chi connectivity index (χ1v) is 7.23. The van der Waals surface area contributed by atoms with Crippen molar-refractivity contribution in [2.24, 2.45) is 11.0 Å². The van der Waals surface area contributed by atoms with Gasteiger partial charge in [0.2, 0.25) is 5.91 Å². The molecular weight excluding hydrogens is 236 g/mol. The quantitative estimate of drug-likeness (QED) is 0.829. The lowest BCUT2D eigenvalue weighted by atomic mass is 9.83. The van der Waals surface area contributed by atoms with Crippen LogP contribution in [0.4, 0.5) is 0 Å². The average molecular weight is 256 g/mol. The number of carbonyl (C=O) groups is 1. The number of amides is 1. The Morgan fingerprint density at radius 1 is 1.05 bits per heavy atom. The van der Waals surface area contributed by atoms with Crippen molar-refractivity contribution in [3.05, 3.63) is 35.9 Å². The first-order valence-electron chi connectivity index (χ1n) is 7.23. The normalized spacial score (nSPS) is 22.9. The van der Waals surface area contributed by atoms with Gasteiger partial charge in [-0.3, -0.25) is 4.79 Å². The van der Waals surface area contributed by atoms with Crippen LogP contribution in [-0.4, -0.2) is 11.6 Å². The van der Waals surface area contributed by atoms with Gasteiger partial charge in [-0.1, -0.05) is 30.3 Å². The van der Waals surface area contributed by atoms with Crippen molar-refractivity contribution in [2.75, 3.05) is 0 Å². The number of nitrogens with zero attached hydrogens (tertiary/aromatic N) is 1. The number of hydrogen-bond donors (Lipinski definition) is 1. The van der Waals surface area contributed by atoms with Crippen molar-refractivity contribution in [3.8, 4) is 0 Å². The molecule has 0 spiro atoms. The van der Waals surface area contributed by atoms with Crippen molar-refractivity contribution >= 4 is 11.6 Å². The molecule has 1 N–H and O–H groups in total. The maximum absolute atomic E-state index is 11.5. The monoisotopic (exact) mass is 256 g/mol.